The van der Waals surface area contributed by atoms with Crippen LogP contribution >= 0.6 is 23.4 Å². The Morgan fingerprint density at radius 3 is 2.76 bits per heavy atom. The molecule has 1 amide bonds. The maximum atomic E-state index is 15.1. The highest BCUT2D eigenvalue weighted by Crippen LogP contribution is 2.67. The molecular weight excluding hydrogens is 486 g/mol. The van der Waals surface area contributed by atoms with E-state index in [1.807, 2.05) is 0 Å². The van der Waals surface area contributed by atoms with Gasteiger partial charge in [-0.2, -0.15) is 0 Å². The minimum Gasteiger partial charge on any atom is -0.478 e. The van der Waals surface area contributed by atoms with Crippen LogP contribution in [0.2, 0.25) is 5.02 Å². The molecule has 4 N–H and O–H groups in total. The van der Waals surface area contributed by atoms with Crippen molar-refractivity contribution in [1.82, 2.24) is 4.98 Å². The fourth-order valence-corrected chi connectivity index (χ4v) is 5.82. The molecule has 1 aromatic carbocycles. The number of nitrogens with one attached hydrogen (secondary N) is 1. The molecule has 0 bridgehead atoms. The quantitative estimate of drug-likeness (QED) is 0.475. The summed E-state index contributed by atoms with van der Waals surface area (Å²) in [5.74, 6) is -2.84. The number of amides is 1. The zero-order valence-corrected chi connectivity index (χ0v) is 19.6. The van der Waals surface area contributed by atoms with E-state index in [2.05, 4.69) is 15.3 Å². The van der Waals surface area contributed by atoms with Gasteiger partial charge in [-0.25, -0.2) is 23.6 Å². The lowest BCUT2D eigenvalue weighted by Gasteiger charge is -2.34. The van der Waals surface area contributed by atoms with E-state index in [1.54, 1.807) is 13.0 Å². The summed E-state index contributed by atoms with van der Waals surface area (Å²) in [4.78, 5) is 32.4. The molecule has 2 aromatic rings. The van der Waals surface area contributed by atoms with E-state index in [4.69, 9.17) is 17.3 Å². The van der Waals surface area contributed by atoms with Crippen LogP contribution in [0.3, 0.4) is 0 Å². The highest BCUT2D eigenvalue weighted by Gasteiger charge is 2.67. The first-order valence-corrected chi connectivity index (χ1v) is 11.6. The van der Waals surface area contributed by atoms with Crippen molar-refractivity contribution >= 4 is 46.1 Å². The van der Waals surface area contributed by atoms with Crippen molar-refractivity contribution in [3.8, 4) is 0 Å². The van der Waals surface area contributed by atoms with Crippen molar-refractivity contribution in [2.24, 2.45) is 16.6 Å². The maximum absolute atomic E-state index is 15.1. The Morgan fingerprint density at radius 1 is 1.38 bits per heavy atom. The smallest absolute Gasteiger partial charge is 0.331 e. The largest absolute Gasteiger partial charge is 0.478 e. The Bertz CT molecular complexity index is 1220. The fourth-order valence-electron chi connectivity index (χ4n) is 4.32. The Balaban J connectivity index is 1.71. The molecule has 0 spiro atoms. The number of fused-ring (bicyclic) bond motifs is 1. The van der Waals surface area contributed by atoms with Crippen molar-refractivity contribution < 1.29 is 23.5 Å². The van der Waals surface area contributed by atoms with Gasteiger partial charge < -0.3 is 16.2 Å². The van der Waals surface area contributed by atoms with Gasteiger partial charge in [0.2, 0.25) is 0 Å². The second-order valence-corrected chi connectivity index (χ2v) is 9.98. The first kappa shape index (κ1) is 24.2. The van der Waals surface area contributed by atoms with Crippen LogP contribution in [0.1, 0.15) is 35.8 Å². The molecular formula is C23H21ClF2N4O3S. The van der Waals surface area contributed by atoms with Gasteiger partial charge in [0.15, 0.2) is 5.17 Å². The third kappa shape index (κ3) is 4.27. The number of carbonyl (C=O) groups is 2. The van der Waals surface area contributed by atoms with Crippen LogP contribution in [-0.2, 0) is 10.3 Å². The number of alkyl halides is 1. The molecule has 34 heavy (non-hydrogen) atoms. The van der Waals surface area contributed by atoms with Crippen molar-refractivity contribution in [3.63, 3.8) is 0 Å². The number of benzene rings is 1. The minimum absolute atomic E-state index is 0.0442. The SMILES string of the molecule is CCC(=C[C@]12C[C@H]1[C@@](CF)(c1cc(NC(=O)c3ccc(Cl)cn3)ccc1F)N=C(N)S2)C(=O)O. The van der Waals surface area contributed by atoms with Crippen molar-refractivity contribution in [3.05, 3.63) is 70.3 Å². The lowest BCUT2D eigenvalue weighted by molar-refractivity contribution is -0.132. The number of carbonyl (C=O) groups excluding carboxylic acids is 1. The van der Waals surface area contributed by atoms with Crippen molar-refractivity contribution in [2.75, 3.05) is 12.0 Å². The number of carboxylic acid groups (broad SMARTS) is 1. The number of aromatic nitrogens is 1. The van der Waals surface area contributed by atoms with Crippen LogP contribution in [-0.4, -0.2) is 38.6 Å². The Kier molecular flexibility index (Phi) is 6.39. The number of halogens is 3. The number of amidine groups is 1. The summed E-state index contributed by atoms with van der Waals surface area (Å²) in [5, 5.41) is 12.5. The van der Waals surface area contributed by atoms with Gasteiger partial charge in [-0.3, -0.25) is 4.79 Å². The number of carboxylic acids is 1. The fraction of sp³-hybridized carbons (Fsp3) is 0.304. The monoisotopic (exact) mass is 506 g/mol. The molecule has 2 heterocycles. The number of hydrogen-bond acceptors (Lipinski definition) is 6. The van der Waals surface area contributed by atoms with Crippen LogP contribution < -0.4 is 11.1 Å². The van der Waals surface area contributed by atoms with Crippen LogP contribution in [0.25, 0.3) is 0 Å². The van der Waals surface area contributed by atoms with Gasteiger partial charge in [0, 0.05) is 33.7 Å². The average Bonchev–Trinajstić information content (AvgIpc) is 3.53. The van der Waals surface area contributed by atoms with Gasteiger partial charge in [0.25, 0.3) is 5.91 Å². The average molecular weight is 507 g/mol. The molecule has 2 aliphatic rings. The van der Waals surface area contributed by atoms with E-state index in [0.717, 1.165) is 6.07 Å². The summed E-state index contributed by atoms with van der Waals surface area (Å²) in [6, 6.07) is 6.76. The third-order valence-electron chi connectivity index (χ3n) is 6.06. The van der Waals surface area contributed by atoms with E-state index in [0.29, 0.717) is 11.4 Å². The Morgan fingerprint density at radius 2 is 2.15 bits per heavy atom. The van der Waals surface area contributed by atoms with Crippen LogP contribution in [0, 0.1) is 11.7 Å². The van der Waals surface area contributed by atoms with Crippen LogP contribution in [0.5, 0.6) is 0 Å². The minimum atomic E-state index is -1.65. The molecule has 11 heteroatoms. The summed E-state index contributed by atoms with van der Waals surface area (Å²) >= 11 is 6.96. The number of pyridine rings is 1. The molecule has 1 saturated carbocycles. The summed E-state index contributed by atoms with van der Waals surface area (Å²) in [6.45, 7) is 0.665. The normalized spacial score (nSPS) is 25.8. The zero-order valence-electron chi connectivity index (χ0n) is 18.0. The van der Waals surface area contributed by atoms with Gasteiger partial charge in [-0.15, -0.1) is 0 Å². The summed E-state index contributed by atoms with van der Waals surface area (Å²) in [6.07, 6.45) is 3.57. The van der Waals surface area contributed by atoms with Gasteiger partial charge >= 0.3 is 5.97 Å². The molecule has 1 aliphatic carbocycles. The predicted molar refractivity (Wildman–Crippen MR) is 127 cm³/mol. The van der Waals surface area contributed by atoms with Crippen LogP contribution in [0.4, 0.5) is 14.5 Å². The molecule has 1 fully saturated rings. The van der Waals surface area contributed by atoms with E-state index in [9.17, 15) is 19.1 Å². The number of aliphatic carboxylic acids is 1. The lowest BCUT2D eigenvalue weighted by Crippen LogP contribution is -2.39. The van der Waals surface area contributed by atoms with Crippen molar-refractivity contribution in [2.45, 2.75) is 30.1 Å². The molecule has 3 atom stereocenters. The number of aliphatic imine (C=N–C) groups is 1. The first-order chi connectivity index (χ1) is 16.1. The summed E-state index contributed by atoms with van der Waals surface area (Å²) in [5.41, 5.74) is 4.82. The Hall–Kier alpha value is -2.98. The number of anilines is 1. The molecule has 4 rings (SSSR count). The third-order valence-corrected chi connectivity index (χ3v) is 7.54. The summed E-state index contributed by atoms with van der Waals surface area (Å²) in [7, 11) is 0. The Labute approximate surface area is 203 Å². The maximum Gasteiger partial charge on any atom is 0.331 e. The number of hydrogen-bond donors (Lipinski definition) is 3. The van der Waals surface area contributed by atoms with E-state index < -0.39 is 40.6 Å². The molecule has 1 aromatic heterocycles. The molecule has 7 nitrogen and oxygen atoms in total. The van der Waals surface area contributed by atoms with E-state index >= 15 is 4.39 Å². The van der Waals surface area contributed by atoms with Gasteiger partial charge in [0.1, 0.15) is 23.7 Å². The highest BCUT2D eigenvalue weighted by molar-refractivity contribution is 8.15. The second-order valence-electron chi connectivity index (χ2n) is 8.16. The predicted octanol–water partition coefficient (Wildman–Crippen LogP) is 4.53. The number of nitrogens with two attached hydrogens (primary N) is 1. The highest BCUT2D eigenvalue weighted by atomic mass is 35.5. The van der Waals surface area contributed by atoms with Gasteiger partial charge in [-0.05, 0) is 43.2 Å². The molecule has 0 radical (unpaired) electrons. The van der Waals surface area contributed by atoms with E-state index in [-0.39, 0.29) is 34.1 Å². The molecule has 1 aliphatic heterocycles. The molecule has 178 valence electrons. The second kappa shape index (κ2) is 8.99. The van der Waals surface area contributed by atoms with E-state index in [1.165, 1.54) is 42.2 Å². The van der Waals surface area contributed by atoms with Crippen LogP contribution in [0.15, 0.2) is 53.2 Å². The molecule has 0 saturated heterocycles. The zero-order chi connectivity index (χ0) is 24.7. The summed E-state index contributed by atoms with van der Waals surface area (Å²) < 4.78 is 29.0. The standard InChI is InChI=1S/C23H21ClF2N4O3S/c1-2-12(20(32)33)8-22-9-18(22)23(11-25,30-21(27)34-22)15-7-14(4-5-16(15)26)29-19(31)17-6-3-13(24)10-28-17/h3-8,10,18H,2,9,11H2,1H3,(H2,27,30)(H,29,31)(H,32,33)/t18-,22+,23-/m1/s1. The first-order valence-electron chi connectivity index (χ1n) is 10.4. The van der Waals surface area contributed by atoms with Gasteiger partial charge in [0.05, 0.1) is 5.02 Å². The number of nitrogens with zero attached hydrogens (tertiary/aromatic N) is 2. The topological polar surface area (TPSA) is 118 Å². The van der Waals surface area contributed by atoms with Crippen molar-refractivity contribution in [1.29, 1.82) is 0 Å². The molecule has 0 unspecified atom stereocenters. The number of thioether (sulfide) groups is 1. The lowest BCUT2D eigenvalue weighted by atomic mass is 9.84. The van der Waals surface area contributed by atoms with Gasteiger partial charge in [-0.1, -0.05) is 36.4 Å². The number of rotatable bonds is 7.